The minimum absolute atomic E-state index is 0.0443. The predicted octanol–water partition coefficient (Wildman–Crippen LogP) is 5.40. The molecule has 1 fully saturated rings. The highest BCUT2D eigenvalue weighted by Crippen LogP contribution is 2.46. The molecule has 1 N–H and O–H groups in total. The van der Waals surface area contributed by atoms with Crippen LogP contribution in [0.5, 0.6) is 0 Å². The molecule has 0 radical (unpaired) electrons. The highest BCUT2D eigenvalue weighted by molar-refractivity contribution is 7.90. The van der Waals surface area contributed by atoms with Crippen LogP contribution in [0.2, 0.25) is 10.0 Å². The van der Waals surface area contributed by atoms with Crippen LogP contribution in [-0.4, -0.2) is 40.0 Å². The Hall–Kier alpha value is -1.24. The van der Waals surface area contributed by atoms with Crippen LogP contribution >= 0.6 is 23.2 Å². The van der Waals surface area contributed by atoms with Crippen molar-refractivity contribution in [1.29, 1.82) is 0 Å². The Labute approximate surface area is 197 Å². The maximum absolute atomic E-state index is 13.8. The SMILES string of the molecule is C[S+]([O-])CCN(C1CCCCC1)C1(Cc2cccc(Cl)c2)C(=O)Nc2cc(Cl)ccc21. The van der Waals surface area contributed by atoms with Crippen molar-refractivity contribution in [2.75, 3.05) is 23.9 Å². The second kappa shape index (κ2) is 9.72. The molecule has 2 aliphatic rings. The van der Waals surface area contributed by atoms with E-state index in [0.29, 0.717) is 28.8 Å². The van der Waals surface area contributed by atoms with E-state index in [0.717, 1.165) is 42.5 Å². The number of carbonyl (C=O) groups excluding carboxylic acids is 1. The first kappa shape index (κ1) is 22.9. The first-order valence-corrected chi connectivity index (χ1v) is 13.3. The molecule has 7 heteroatoms. The molecule has 1 amide bonds. The van der Waals surface area contributed by atoms with Gasteiger partial charge in [0.15, 0.2) is 0 Å². The fraction of sp³-hybridized carbons (Fsp3) is 0.458. The van der Waals surface area contributed by atoms with Gasteiger partial charge in [0, 0.05) is 40.3 Å². The van der Waals surface area contributed by atoms with Gasteiger partial charge in [0.1, 0.15) is 11.3 Å². The van der Waals surface area contributed by atoms with Crippen LogP contribution in [-0.2, 0) is 27.9 Å². The van der Waals surface area contributed by atoms with E-state index in [-0.39, 0.29) is 11.9 Å². The van der Waals surface area contributed by atoms with Gasteiger partial charge in [-0.05, 0) is 42.7 Å². The molecule has 0 bridgehead atoms. The number of rotatable bonds is 7. The molecule has 2 aromatic carbocycles. The van der Waals surface area contributed by atoms with Crippen molar-refractivity contribution in [3.8, 4) is 0 Å². The number of benzene rings is 2. The van der Waals surface area contributed by atoms with Crippen LogP contribution in [0.4, 0.5) is 5.69 Å². The van der Waals surface area contributed by atoms with Crippen molar-refractivity contribution >= 4 is 46.0 Å². The number of fused-ring (bicyclic) bond motifs is 1. The molecular weight excluding hydrogens is 451 g/mol. The van der Waals surface area contributed by atoms with Gasteiger partial charge in [-0.15, -0.1) is 0 Å². The summed E-state index contributed by atoms with van der Waals surface area (Å²) in [6.07, 6.45) is 7.85. The molecular formula is C24H28Cl2N2O2S. The monoisotopic (exact) mass is 478 g/mol. The zero-order valence-electron chi connectivity index (χ0n) is 17.7. The summed E-state index contributed by atoms with van der Waals surface area (Å²) in [5, 5.41) is 4.35. The summed E-state index contributed by atoms with van der Waals surface area (Å²) in [7, 11) is 0. The van der Waals surface area contributed by atoms with Crippen molar-refractivity contribution in [1.82, 2.24) is 4.90 Å². The minimum Gasteiger partial charge on any atom is -0.617 e. The van der Waals surface area contributed by atoms with Crippen molar-refractivity contribution < 1.29 is 9.35 Å². The highest BCUT2D eigenvalue weighted by atomic mass is 35.5. The summed E-state index contributed by atoms with van der Waals surface area (Å²) in [6, 6.07) is 13.6. The first-order chi connectivity index (χ1) is 14.9. The Bertz CT molecular complexity index is 949. The molecule has 0 saturated heterocycles. The average Bonchev–Trinajstić information content (AvgIpc) is 3.00. The van der Waals surface area contributed by atoms with E-state index in [4.69, 9.17) is 23.2 Å². The zero-order chi connectivity index (χ0) is 22.0. The van der Waals surface area contributed by atoms with Crippen molar-refractivity contribution in [2.24, 2.45) is 0 Å². The van der Waals surface area contributed by atoms with Crippen LogP contribution in [0.3, 0.4) is 0 Å². The van der Waals surface area contributed by atoms with Gasteiger partial charge in [-0.3, -0.25) is 9.69 Å². The van der Waals surface area contributed by atoms with E-state index in [1.807, 2.05) is 42.5 Å². The summed E-state index contributed by atoms with van der Waals surface area (Å²) in [5.74, 6) is 0.487. The van der Waals surface area contributed by atoms with E-state index in [9.17, 15) is 9.35 Å². The number of nitrogens with one attached hydrogen (secondary N) is 1. The van der Waals surface area contributed by atoms with Gasteiger partial charge in [0.05, 0.1) is 6.26 Å². The summed E-state index contributed by atoms with van der Waals surface area (Å²) in [4.78, 5) is 16.1. The number of anilines is 1. The zero-order valence-corrected chi connectivity index (χ0v) is 20.0. The molecule has 2 atom stereocenters. The lowest BCUT2D eigenvalue weighted by Gasteiger charge is -2.46. The van der Waals surface area contributed by atoms with Crippen molar-refractivity contribution in [3.05, 3.63) is 63.6 Å². The largest absolute Gasteiger partial charge is 0.617 e. The molecule has 0 aromatic heterocycles. The average molecular weight is 479 g/mol. The van der Waals surface area contributed by atoms with Gasteiger partial charge in [0.2, 0.25) is 5.91 Å². The number of amides is 1. The normalized spacial score (nSPS) is 22.4. The summed E-state index contributed by atoms with van der Waals surface area (Å²) in [5.41, 5.74) is 1.82. The third kappa shape index (κ3) is 4.76. The van der Waals surface area contributed by atoms with Gasteiger partial charge in [-0.1, -0.05) is 71.8 Å². The third-order valence-corrected chi connectivity index (χ3v) is 7.75. The van der Waals surface area contributed by atoms with Crippen LogP contribution in [0.25, 0.3) is 0 Å². The van der Waals surface area contributed by atoms with Crippen LogP contribution in [0, 0.1) is 0 Å². The van der Waals surface area contributed by atoms with E-state index in [2.05, 4.69) is 10.2 Å². The van der Waals surface area contributed by atoms with E-state index < -0.39 is 16.7 Å². The Balaban J connectivity index is 1.85. The molecule has 2 unspecified atom stereocenters. The molecule has 0 spiro atoms. The van der Waals surface area contributed by atoms with E-state index >= 15 is 0 Å². The van der Waals surface area contributed by atoms with E-state index in [1.165, 1.54) is 6.42 Å². The van der Waals surface area contributed by atoms with Gasteiger partial charge < -0.3 is 9.87 Å². The highest BCUT2D eigenvalue weighted by Gasteiger charge is 2.53. The van der Waals surface area contributed by atoms with Gasteiger partial charge in [-0.2, -0.15) is 0 Å². The van der Waals surface area contributed by atoms with Crippen LogP contribution < -0.4 is 5.32 Å². The number of hydrogen-bond donors (Lipinski definition) is 1. The Morgan fingerprint density at radius 1 is 1.13 bits per heavy atom. The predicted molar refractivity (Wildman–Crippen MR) is 129 cm³/mol. The summed E-state index contributed by atoms with van der Waals surface area (Å²) < 4.78 is 12.1. The summed E-state index contributed by atoms with van der Waals surface area (Å²) in [6.45, 7) is 0.601. The lowest BCUT2D eigenvalue weighted by atomic mass is 9.80. The maximum Gasteiger partial charge on any atom is 0.249 e. The standard InChI is InChI=1S/C24H28Cl2N2O2S/c1-31(30)13-12-28(20-8-3-2-4-9-20)24(16-17-6-5-7-18(25)14-17)21-11-10-19(26)15-22(21)27-23(24)29/h5-7,10-11,14-15,20H,2-4,8-9,12-13,16H2,1H3,(H,27,29). The minimum atomic E-state index is -0.947. The first-order valence-electron chi connectivity index (χ1n) is 10.8. The molecule has 1 saturated carbocycles. The fourth-order valence-electron chi connectivity index (χ4n) is 5.14. The van der Waals surface area contributed by atoms with Crippen molar-refractivity contribution in [3.63, 3.8) is 0 Å². The van der Waals surface area contributed by atoms with E-state index in [1.54, 1.807) is 6.26 Å². The second-order valence-electron chi connectivity index (χ2n) is 8.57. The molecule has 1 aliphatic heterocycles. The summed E-state index contributed by atoms with van der Waals surface area (Å²) >= 11 is 11.6. The van der Waals surface area contributed by atoms with Gasteiger partial charge >= 0.3 is 0 Å². The molecule has 4 rings (SSSR count). The molecule has 1 heterocycles. The van der Waals surface area contributed by atoms with Gasteiger partial charge in [-0.25, -0.2) is 0 Å². The van der Waals surface area contributed by atoms with Crippen molar-refractivity contribution in [2.45, 2.75) is 50.1 Å². The van der Waals surface area contributed by atoms with Crippen LogP contribution in [0.15, 0.2) is 42.5 Å². The molecule has 1 aliphatic carbocycles. The number of carbonyl (C=O) groups is 1. The molecule has 166 valence electrons. The van der Waals surface area contributed by atoms with Crippen LogP contribution in [0.1, 0.15) is 43.2 Å². The fourth-order valence-corrected chi connectivity index (χ4v) is 5.98. The quantitative estimate of drug-likeness (QED) is 0.542. The number of halogens is 2. The lowest BCUT2D eigenvalue weighted by Crippen LogP contribution is -2.58. The maximum atomic E-state index is 13.8. The number of nitrogens with zero attached hydrogens (tertiary/aromatic N) is 1. The van der Waals surface area contributed by atoms with Gasteiger partial charge in [0.25, 0.3) is 0 Å². The smallest absolute Gasteiger partial charge is 0.249 e. The second-order valence-corrected chi connectivity index (χ2v) is 11.0. The number of hydrogen-bond acceptors (Lipinski definition) is 3. The molecule has 2 aromatic rings. The Morgan fingerprint density at radius 3 is 2.58 bits per heavy atom. The third-order valence-electron chi connectivity index (χ3n) is 6.53. The Morgan fingerprint density at radius 2 is 1.87 bits per heavy atom. The molecule has 4 nitrogen and oxygen atoms in total. The Kier molecular flexibility index (Phi) is 7.19. The topological polar surface area (TPSA) is 55.4 Å². The lowest BCUT2D eigenvalue weighted by molar-refractivity contribution is -0.130. The molecule has 31 heavy (non-hydrogen) atoms.